The Morgan fingerprint density at radius 3 is 2.62 bits per heavy atom. The normalized spacial score (nSPS) is 20.3. The van der Waals surface area contributed by atoms with E-state index in [2.05, 4.69) is 42.8 Å². The number of ether oxygens (including phenoxy) is 3. The summed E-state index contributed by atoms with van der Waals surface area (Å²) in [6, 6.07) is 6.35. The van der Waals surface area contributed by atoms with Gasteiger partial charge in [0.15, 0.2) is 0 Å². The number of aromatic amines is 1. The first-order valence-corrected chi connectivity index (χ1v) is 15.4. The smallest absolute Gasteiger partial charge is 0.410 e. The molecule has 2 fully saturated rings. The van der Waals surface area contributed by atoms with Crippen molar-refractivity contribution in [3.63, 3.8) is 0 Å². The molecule has 1 saturated heterocycles. The van der Waals surface area contributed by atoms with E-state index < -0.39 is 13.7 Å². The average molecular weight is 459 g/mol. The molecule has 2 aliphatic rings. The van der Waals surface area contributed by atoms with E-state index in [0.717, 1.165) is 30.5 Å². The molecule has 0 bridgehead atoms. The minimum Gasteiger partial charge on any atom is -0.490 e. The van der Waals surface area contributed by atoms with E-state index in [1.807, 2.05) is 25.7 Å². The van der Waals surface area contributed by atoms with Crippen molar-refractivity contribution in [1.29, 1.82) is 0 Å². The number of nitrogens with zero attached hydrogens (tertiary/aromatic N) is 1. The molecule has 1 amide bonds. The molecule has 1 aliphatic carbocycles. The van der Waals surface area contributed by atoms with E-state index in [1.54, 1.807) is 0 Å². The third-order valence-corrected chi connectivity index (χ3v) is 8.20. The van der Waals surface area contributed by atoms with Crippen molar-refractivity contribution in [3.8, 4) is 5.75 Å². The number of amides is 1. The van der Waals surface area contributed by atoms with Gasteiger partial charge in [0.1, 0.15) is 11.4 Å². The van der Waals surface area contributed by atoms with Gasteiger partial charge in [-0.3, -0.25) is 0 Å². The van der Waals surface area contributed by atoms with Crippen LogP contribution in [0, 0.1) is 0 Å². The molecule has 2 heterocycles. The summed E-state index contributed by atoms with van der Waals surface area (Å²) in [6.45, 7) is 14.4. The Balaban J connectivity index is 1.67. The Morgan fingerprint density at radius 1 is 1.25 bits per heavy atom. The molecule has 2 aromatic rings. The number of carbonyl (C=O) groups excluding carboxylic acids is 1. The zero-order chi connectivity index (χ0) is 23.1. The summed E-state index contributed by atoms with van der Waals surface area (Å²) >= 11 is 0. The van der Waals surface area contributed by atoms with Crippen LogP contribution in [-0.2, 0) is 15.9 Å². The Morgan fingerprint density at radius 2 is 2.00 bits per heavy atom. The summed E-state index contributed by atoms with van der Waals surface area (Å²) in [4.78, 5) is 18.5. The maximum absolute atomic E-state index is 12.9. The molecule has 1 aromatic carbocycles. The minimum atomic E-state index is -1.65. The van der Waals surface area contributed by atoms with Crippen LogP contribution < -0.4 is 10.1 Å². The van der Waals surface area contributed by atoms with Gasteiger partial charge >= 0.3 is 6.09 Å². The molecule has 7 heteroatoms. The first kappa shape index (κ1) is 23.2. The Labute approximate surface area is 192 Å². The van der Waals surface area contributed by atoms with Crippen LogP contribution in [0.2, 0.25) is 19.6 Å². The lowest BCUT2D eigenvalue weighted by Crippen LogP contribution is -2.52. The summed E-state index contributed by atoms with van der Waals surface area (Å²) in [5, 5.41) is 2.54. The second-order valence-corrected chi connectivity index (χ2v) is 16.2. The predicted molar refractivity (Wildman–Crippen MR) is 131 cm³/mol. The molecule has 176 valence electrons. The number of morpholine rings is 1. The molecule has 1 aromatic heterocycles. The standard InChI is InChI=1S/C25H38N2O4Si/c1-25(2,3)31-24(28)27-12-13-29-16-17(27)14-21-20-15-19(30-18-8-7-9-18)10-11-22(20)26-23(21)32(4,5)6/h10-11,15,17-18,26H,7-9,12-14,16H2,1-6H3/t17-/m0/s1. The SMILES string of the molecule is CC(C)(C)OC(=O)N1CCOC[C@@H]1Cc1c([Si](C)(C)C)[nH]c2ccc(OC3CCC3)cc12. The molecule has 0 unspecified atom stereocenters. The number of H-pyrrole nitrogens is 1. The topological polar surface area (TPSA) is 63.8 Å². The van der Waals surface area contributed by atoms with Crippen molar-refractivity contribution in [1.82, 2.24) is 9.88 Å². The van der Waals surface area contributed by atoms with Crippen molar-refractivity contribution < 1.29 is 19.0 Å². The van der Waals surface area contributed by atoms with Crippen LogP contribution in [0.25, 0.3) is 10.9 Å². The van der Waals surface area contributed by atoms with Gasteiger partial charge in [0.25, 0.3) is 0 Å². The molecular weight excluding hydrogens is 420 g/mol. The fourth-order valence-electron chi connectivity index (χ4n) is 4.45. The largest absolute Gasteiger partial charge is 0.490 e. The Kier molecular flexibility index (Phi) is 6.33. The molecule has 6 nitrogen and oxygen atoms in total. The number of hydrogen-bond donors (Lipinski definition) is 1. The number of nitrogens with one attached hydrogen (secondary N) is 1. The first-order chi connectivity index (χ1) is 15.0. The third kappa shape index (κ3) is 5.15. The maximum Gasteiger partial charge on any atom is 0.410 e. The molecule has 1 atom stereocenters. The lowest BCUT2D eigenvalue weighted by Gasteiger charge is -2.37. The van der Waals surface area contributed by atoms with Crippen molar-refractivity contribution in [3.05, 3.63) is 23.8 Å². The highest BCUT2D eigenvalue weighted by Crippen LogP contribution is 2.30. The summed E-state index contributed by atoms with van der Waals surface area (Å²) in [5.74, 6) is 0.938. The van der Waals surface area contributed by atoms with Crippen LogP contribution in [0.1, 0.15) is 45.6 Å². The number of rotatable bonds is 5. The Bertz CT molecular complexity index is 969. The number of hydrogen-bond acceptors (Lipinski definition) is 4. The van der Waals surface area contributed by atoms with Gasteiger partial charge < -0.3 is 24.1 Å². The van der Waals surface area contributed by atoms with Crippen LogP contribution >= 0.6 is 0 Å². The maximum atomic E-state index is 12.9. The van der Waals surface area contributed by atoms with Crippen molar-refractivity contribution in [2.75, 3.05) is 19.8 Å². The molecule has 0 radical (unpaired) electrons. The summed E-state index contributed by atoms with van der Waals surface area (Å²) in [6.07, 6.45) is 4.37. The van der Waals surface area contributed by atoms with Crippen molar-refractivity contribution >= 4 is 30.4 Å². The zero-order valence-corrected chi connectivity index (χ0v) is 21.4. The third-order valence-electron chi connectivity index (χ3n) is 6.28. The fourth-order valence-corrected chi connectivity index (χ4v) is 6.11. The number of carbonyl (C=O) groups is 1. The van der Waals surface area contributed by atoms with E-state index in [1.165, 1.54) is 22.7 Å². The van der Waals surface area contributed by atoms with E-state index in [4.69, 9.17) is 14.2 Å². The molecule has 1 aliphatic heterocycles. The lowest BCUT2D eigenvalue weighted by molar-refractivity contribution is -0.0318. The van der Waals surface area contributed by atoms with Gasteiger partial charge in [-0.25, -0.2) is 4.79 Å². The monoisotopic (exact) mass is 458 g/mol. The van der Waals surface area contributed by atoms with Crippen LogP contribution in [0.3, 0.4) is 0 Å². The van der Waals surface area contributed by atoms with Gasteiger partial charge in [0.05, 0.1) is 33.4 Å². The average Bonchev–Trinajstić information content (AvgIpc) is 3.02. The van der Waals surface area contributed by atoms with Gasteiger partial charge in [-0.2, -0.15) is 0 Å². The zero-order valence-electron chi connectivity index (χ0n) is 20.4. The van der Waals surface area contributed by atoms with E-state index in [9.17, 15) is 4.79 Å². The predicted octanol–water partition coefficient (Wildman–Crippen LogP) is 4.82. The molecule has 1 saturated carbocycles. The highest BCUT2D eigenvalue weighted by Gasteiger charge is 2.34. The van der Waals surface area contributed by atoms with Crippen LogP contribution in [-0.4, -0.2) is 61.6 Å². The summed E-state index contributed by atoms with van der Waals surface area (Å²) in [5.41, 5.74) is 1.92. The molecule has 32 heavy (non-hydrogen) atoms. The molecular formula is C25H38N2O4Si. The van der Waals surface area contributed by atoms with Gasteiger partial charge in [0, 0.05) is 22.8 Å². The number of fused-ring (bicyclic) bond motifs is 1. The summed E-state index contributed by atoms with van der Waals surface area (Å²) < 4.78 is 17.7. The van der Waals surface area contributed by atoms with Crippen molar-refractivity contribution in [2.24, 2.45) is 0 Å². The molecule has 4 rings (SSSR count). The summed E-state index contributed by atoms with van der Waals surface area (Å²) in [7, 11) is -1.65. The highest BCUT2D eigenvalue weighted by atomic mass is 28.3. The van der Waals surface area contributed by atoms with Crippen LogP contribution in [0.4, 0.5) is 4.79 Å². The second-order valence-electron chi connectivity index (χ2n) is 11.2. The van der Waals surface area contributed by atoms with E-state index >= 15 is 0 Å². The highest BCUT2D eigenvalue weighted by molar-refractivity contribution is 6.88. The fraction of sp³-hybridized carbons (Fsp3) is 0.640. The molecule has 1 N–H and O–H groups in total. The second kappa shape index (κ2) is 8.75. The quantitative estimate of drug-likeness (QED) is 0.652. The lowest BCUT2D eigenvalue weighted by atomic mass is 9.96. The Hall–Kier alpha value is -1.99. The minimum absolute atomic E-state index is 0.0519. The van der Waals surface area contributed by atoms with E-state index in [-0.39, 0.29) is 12.1 Å². The first-order valence-electron chi connectivity index (χ1n) is 11.9. The van der Waals surface area contributed by atoms with Gasteiger partial charge in [0.2, 0.25) is 0 Å². The van der Waals surface area contributed by atoms with Crippen LogP contribution in [0.5, 0.6) is 5.75 Å². The number of benzene rings is 1. The van der Waals surface area contributed by atoms with E-state index in [0.29, 0.717) is 25.9 Å². The van der Waals surface area contributed by atoms with Gasteiger partial charge in [-0.1, -0.05) is 19.6 Å². The van der Waals surface area contributed by atoms with Gasteiger partial charge in [-0.05, 0) is 70.2 Å². The van der Waals surface area contributed by atoms with Crippen molar-refractivity contribution in [2.45, 2.75) is 83.8 Å². The van der Waals surface area contributed by atoms with Crippen LogP contribution in [0.15, 0.2) is 18.2 Å². The number of aromatic nitrogens is 1. The van der Waals surface area contributed by atoms with Gasteiger partial charge in [-0.15, -0.1) is 0 Å². The molecule has 0 spiro atoms.